The molecule has 3 heterocycles. The SMILES string of the molecule is CC.CNCCN1C(=O)/C(=C2\CCN(Cc3ccc(F)c(Cl)c3)C(=O)\C2=C(/O)C=O)NC1C1CN1. The molecule has 0 aliphatic carbocycles. The van der Waals surface area contributed by atoms with Gasteiger partial charge in [0.15, 0.2) is 12.0 Å². The van der Waals surface area contributed by atoms with Gasteiger partial charge in [-0.05, 0) is 36.7 Å². The molecule has 11 heteroatoms. The van der Waals surface area contributed by atoms with Crippen molar-refractivity contribution in [3.63, 3.8) is 0 Å². The number of amides is 2. The molecule has 2 unspecified atom stereocenters. The fourth-order valence-electron chi connectivity index (χ4n) is 4.20. The van der Waals surface area contributed by atoms with Crippen LogP contribution < -0.4 is 16.0 Å². The van der Waals surface area contributed by atoms with Crippen LogP contribution >= 0.6 is 11.6 Å². The van der Waals surface area contributed by atoms with Crippen LogP contribution in [0.4, 0.5) is 4.39 Å². The summed E-state index contributed by atoms with van der Waals surface area (Å²) in [6.07, 6.45) is 0.180. The smallest absolute Gasteiger partial charge is 0.272 e. The molecule has 2 atom stereocenters. The summed E-state index contributed by atoms with van der Waals surface area (Å²) in [5.74, 6) is -2.15. The Morgan fingerprint density at radius 3 is 2.63 bits per heavy atom. The lowest BCUT2D eigenvalue weighted by atomic mass is 9.93. The van der Waals surface area contributed by atoms with Crippen LogP contribution in [0.5, 0.6) is 0 Å². The number of allylic oxidation sites excluding steroid dienone is 1. The maximum atomic E-state index is 13.5. The Balaban J connectivity index is 0.00000167. The lowest BCUT2D eigenvalue weighted by molar-refractivity contribution is -0.129. The van der Waals surface area contributed by atoms with E-state index in [4.69, 9.17) is 11.6 Å². The average molecular weight is 508 g/mol. The zero-order valence-electron chi connectivity index (χ0n) is 20.0. The van der Waals surface area contributed by atoms with Crippen LogP contribution in [-0.2, 0) is 20.9 Å². The summed E-state index contributed by atoms with van der Waals surface area (Å²) in [7, 11) is 1.80. The number of likely N-dealkylation sites (N-methyl/N-ethyl adjacent to an activating group) is 1. The molecule has 3 fully saturated rings. The number of likely N-dealkylation sites (tertiary alicyclic amines) is 1. The van der Waals surface area contributed by atoms with Gasteiger partial charge in [-0.2, -0.15) is 0 Å². The zero-order valence-corrected chi connectivity index (χ0v) is 20.8. The topological polar surface area (TPSA) is 124 Å². The maximum Gasteiger partial charge on any atom is 0.272 e. The first-order chi connectivity index (χ1) is 16.8. The molecule has 3 aliphatic rings. The maximum absolute atomic E-state index is 13.5. The molecule has 190 valence electrons. The molecule has 4 rings (SSSR count). The second kappa shape index (κ2) is 11.7. The summed E-state index contributed by atoms with van der Waals surface area (Å²) in [4.78, 5) is 41.1. The molecule has 35 heavy (non-hydrogen) atoms. The Hall–Kier alpha value is -2.95. The molecule has 2 amide bonds. The van der Waals surface area contributed by atoms with E-state index in [1.54, 1.807) is 11.9 Å². The van der Waals surface area contributed by atoms with Crippen molar-refractivity contribution in [1.29, 1.82) is 0 Å². The van der Waals surface area contributed by atoms with E-state index in [2.05, 4.69) is 16.0 Å². The van der Waals surface area contributed by atoms with Gasteiger partial charge >= 0.3 is 0 Å². The van der Waals surface area contributed by atoms with E-state index in [1.165, 1.54) is 23.1 Å². The fourth-order valence-corrected chi connectivity index (χ4v) is 4.40. The number of carbonyl (C=O) groups is 3. The van der Waals surface area contributed by atoms with Gasteiger partial charge in [0.05, 0.1) is 16.6 Å². The van der Waals surface area contributed by atoms with Crippen molar-refractivity contribution >= 4 is 29.7 Å². The number of aliphatic hydroxyl groups excluding tert-OH is 1. The van der Waals surface area contributed by atoms with E-state index in [0.717, 1.165) is 6.54 Å². The molecular weight excluding hydrogens is 477 g/mol. The van der Waals surface area contributed by atoms with Gasteiger partial charge in [0.25, 0.3) is 11.8 Å². The van der Waals surface area contributed by atoms with E-state index in [9.17, 15) is 23.9 Å². The molecule has 3 aliphatic heterocycles. The van der Waals surface area contributed by atoms with Gasteiger partial charge < -0.3 is 30.9 Å². The van der Waals surface area contributed by atoms with Crippen molar-refractivity contribution in [1.82, 2.24) is 25.8 Å². The first-order valence-electron chi connectivity index (χ1n) is 11.7. The summed E-state index contributed by atoms with van der Waals surface area (Å²) in [5.41, 5.74) is 0.953. The highest BCUT2D eigenvalue weighted by Gasteiger charge is 2.46. The normalized spacial score (nSPS) is 25.2. The number of nitrogens with zero attached hydrogens (tertiary/aromatic N) is 2. The minimum atomic E-state index is -0.728. The molecule has 1 aromatic carbocycles. The summed E-state index contributed by atoms with van der Waals surface area (Å²) in [5, 5.41) is 19.7. The molecular formula is C24H31ClFN5O4. The molecule has 3 saturated heterocycles. The van der Waals surface area contributed by atoms with E-state index in [-0.39, 0.29) is 60.2 Å². The van der Waals surface area contributed by atoms with Crippen LogP contribution in [0.3, 0.4) is 0 Å². The highest BCUT2D eigenvalue weighted by atomic mass is 35.5. The van der Waals surface area contributed by atoms with E-state index >= 15 is 0 Å². The van der Waals surface area contributed by atoms with Gasteiger partial charge in [0.1, 0.15) is 17.7 Å². The average Bonchev–Trinajstić information content (AvgIpc) is 3.65. The first kappa shape index (κ1) is 26.7. The van der Waals surface area contributed by atoms with Gasteiger partial charge in [-0.25, -0.2) is 4.39 Å². The van der Waals surface area contributed by atoms with Gasteiger partial charge in [-0.1, -0.05) is 31.5 Å². The van der Waals surface area contributed by atoms with Crippen LogP contribution in [-0.4, -0.2) is 78.4 Å². The Morgan fingerprint density at radius 1 is 1.31 bits per heavy atom. The Labute approximate surface area is 209 Å². The van der Waals surface area contributed by atoms with Gasteiger partial charge in [-0.3, -0.25) is 14.4 Å². The van der Waals surface area contributed by atoms with Crippen molar-refractivity contribution in [3.05, 3.63) is 57.2 Å². The zero-order chi connectivity index (χ0) is 25.7. The standard InChI is InChI=1S/C22H25ClFN5O4.C2H6/c1-25-5-7-29-20(16-9-26-16)27-19(22(29)33)13-4-6-28(21(32)18(13)17(31)11-30)10-12-2-3-15(24)14(23)8-12;1-2/h2-3,8,11,16,20,25-27,31H,4-7,9-10H2,1H3;1-2H3/b18-17-,19-13-;. The molecule has 0 spiro atoms. The van der Waals surface area contributed by atoms with Crippen molar-refractivity contribution in [2.45, 2.75) is 39.0 Å². The van der Waals surface area contributed by atoms with Crippen LogP contribution in [0.15, 0.2) is 40.8 Å². The first-order valence-corrected chi connectivity index (χ1v) is 12.0. The second-order valence-corrected chi connectivity index (χ2v) is 8.57. The summed E-state index contributed by atoms with van der Waals surface area (Å²) in [6.45, 7) is 6.18. The second-order valence-electron chi connectivity index (χ2n) is 8.16. The fraction of sp³-hybridized carbons (Fsp3) is 0.458. The molecule has 4 N–H and O–H groups in total. The van der Waals surface area contributed by atoms with Crippen molar-refractivity contribution in [3.8, 4) is 0 Å². The number of aldehydes is 1. The Kier molecular flexibility index (Phi) is 8.87. The minimum absolute atomic E-state index is 0.0617. The van der Waals surface area contributed by atoms with E-state index in [0.29, 0.717) is 24.2 Å². The van der Waals surface area contributed by atoms with E-state index in [1.807, 2.05) is 13.8 Å². The largest absolute Gasteiger partial charge is 0.504 e. The predicted octanol–water partition coefficient (Wildman–Crippen LogP) is 1.45. The highest BCUT2D eigenvalue weighted by Crippen LogP contribution is 2.32. The third-order valence-corrected chi connectivity index (χ3v) is 6.28. The van der Waals surface area contributed by atoms with Crippen molar-refractivity contribution < 1.29 is 23.9 Å². The van der Waals surface area contributed by atoms with E-state index < -0.39 is 17.5 Å². The lowest BCUT2D eigenvalue weighted by Gasteiger charge is -2.31. The predicted molar refractivity (Wildman–Crippen MR) is 130 cm³/mol. The van der Waals surface area contributed by atoms with Gasteiger partial charge in [-0.15, -0.1) is 0 Å². The number of hydrogen-bond acceptors (Lipinski definition) is 7. The molecule has 1 aromatic rings. The molecule has 0 aromatic heterocycles. The number of nitrogens with one attached hydrogen (secondary N) is 3. The van der Waals surface area contributed by atoms with Gasteiger partial charge in [0.2, 0.25) is 0 Å². The minimum Gasteiger partial charge on any atom is -0.504 e. The van der Waals surface area contributed by atoms with Crippen LogP contribution in [0.25, 0.3) is 0 Å². The Bertz CT molecular complexity index is 1060. The molecule has 0 saturated carbocycles. The number of hydrogen-bond donors (Lipinski definition) is 4. The number of carbonyl (C=O) groups excluding carboxylic acids is 3. The van der Waals surface area contributed by atoms with Crippen LogP contribution in [0.1, 0.15) is 25.8 Å². The number of halogens is 2. The number of benzene rings is 1. The van der Waals surface area contributed by atoms with Crippen LogP contribution in [0, 0.1) is 5.82 Å². The highest BCUT2D eigenvalue weighted by molar-refractivity contribution is 6.30. The summed E-state index contributed by atoms with van der Waals surface area (Å²) < 4.78 is 13.5. The molecule has 0 bridgehead atoms. The van der Waals surface area contributed by atoms with Gasteiger partial charge in [0, 0.05) is 32.7 Å². The van der Waals surface area contributed by atoms with Crippen molar-refractivity contribution in [2.24, 2.45) is 0 Å². The third-order valence-electron chi connectivity index (χ3n) is 5.99. The lowest BCUT2D eigenvalue weighted by Crippen LogP contribution is -2.45. The summed E-state index contributed by atoms with van der Waals surface area (Å²) in [6, 6.07) is 4.25. The summed E-state index contributed by atoms with van der Waals surface area (Å²) >= 11 is 5.85. The monoisotopic (exact) mass is 507 g/mol. The quantitative estimate of drug-likeness (QED) is 0.190. The van der Waals surface area contributed by atoms with Crippen molar-refractivity contribution in [2.75, 3.05) is 33.2 Å². The number of rotatable bonds is 7. The molecule has 9 nitrogen and oxygen atoms in total. The van der Waals surface area contributed by atoms with Crippen LogP contribution in [0.2, 0.25) is 5.02 Å². The molecule has 0 radical (unpaired) electrons. The number of aliphatic hydroxyl groups is 1. The Morgan fingerprint density at radius 2 is 2.03 bits per heavy atom. The third kappa shape index (κ3) is 5.66. The number of piperidine rings is 1.